The number of aliphatic imine (C=N–C) groups is 2. The van der Waals surface area contributed by atoms with E-state index in [-0.39, 0.29) is 6.04 Å². The van der Waals surface area contributed by atoms with Gasteiger partial charge in [-0.25, -0.2) is 4.98 Å². The fourth-order valence-electron chi connectivity index (χ4n) is 4.46. The Hall–Kier alpha value is -3.23. The minimum Gasteiger partial charge on any atom is -0.462 e. The molecule has 2 atom stereocenters. The lowest BCUT2D eigenvalue weighted by Crippen LogP contribution is -2.28. The fraction of sp³-hybridized carbons (Fsp3) is 0.500. The minimum atomic E-state index is 0.241. The number of aromatic nitrogens is 2. The van der Waals surface area contributed by atoms with Crippen molar-refractivity contribution in [3.05, 3.63) is 59.0 Å². The quantitative estimate of drug-likeness (QED) is 0.301. The van der Waals surface area contributed by atoms with E-state index in [0.717, 1.165) is 72.0 Å². The van der Waals surface area contributed by atoms with Gasteiger partial charge in [-0.05, 0) is 86.3 Å². The van der Waals surface area contributed by atoms with Crippen LogP contribution >= 0.6 is 0 Å². The smallest absolute Gasteiger partial charge is 0.152 e. The predicted molar refractivity (Wildman–Crippen MR) is 160 cm³/mol. The third-order valence-electron chi connectivity index (χ3n) is 6.83. The lowest BCUT2D eigenvalue weighted by Gasteiger charge is -2.25. The Bertz CT molecular complexity index is 1230. The van der Waals surface area contributed by atoms with Gasteiger partial charge in [-0.1, -0.05) is 12.5 Å². The summed E-state index contributed by atoms with van der Waals surface area (Å²) in [6.45, 7) is 11.5. The zero-order valence-corrected chi connectivity index (χ0v) is 24.4. The van der Waals surface area contributed by atoms with Crippen LogP contribution in [-0.2, 0) is 0 Å². The van der Waals surface area contributed by atoms with Gasteiger partial charge >= 0.3 is 0 Å². The first kappa shape index (κ1) is 29.3. The number of ether oxygens (including phenoxy) is 1. The number of nitrogens with one attached hydrogen (secondary N) is 3. The number of H-pyrrole nitrogens is 1. The molecule has 0 spiro atoms. The van der Waals surface area contributed by atoms with Crippen LogP contribution in [0.1, 0.15) is 66.1 Å². The van der Waals surface area contributed by atoms with Crippen molar-refractivity contribution in [2.75, 3.05) is 27.7 Å². The van der Waals surface area contributed by atoms with E-state index in [1.807, 2.05) is 50.7 Å². The number of rotatable bonds is 13. The Morgan fingerprint density at radius 1 is 1.29 bits per heavy atom. The molecule has 0 bridgehead atoms. The van der Waals surface area contributed by atoms with Crippen LogP contribution in [-0.4, -0.2) is 66.6 Å². The average molecular weight is 520 g/mol. The van der Waals surface area contributed by atoms with Crippen LogP contribution in [0, 0.1) is 0 Å². The van der Waals surface area contributed by atoms with Gasteiger partial charge in [-0.2, -0.15) is 0 Å². The number of hydrogen-bond acceptors (Lipinski definition) is 7. The largest absolute Gasteiger partial charge is 0.462 e. The Balaban J connectivity index is 1.73. The van der Waals surface area contributed by atoms with Crippen LogP contribution in [0.15, 0.2) is 63.2 Å². The Morgan fingerprint density at radius 2 is 2.08 bits per heavy atom. The van der Waals surface area contributed by atoms with E-state index in [9.17, 15) is 0 Å². The highest BCUT2D eigenvalue weighted by Crippen LogP contribution is 2.24. The fourth-order valence-corrected chi connectivity index (χ4v) is 4.46. The molecular formula is C30H45N7O. The summed E-state index contributed by atoms with van der Waals surface area (Å²) in [6.07, 6.45) is 9.52. The highest BCUT2D eigenvalue weighted by atomic mass is 16.5. The number of imidazole rings is 1. The van der Waals surface area contributed by atoms with Crippen molar-refractivity contribution in [1.29, 1.82) is 0 Å². The SMILES string of the molecule is CCC(C/C(C)=C(/CCNC)N/C(C)=C/N=C(\C)c1nc2cc(OC3=CC=N[C@H](C)C3)ccc2[nH]1)N(C)C. The number of hydrogen-bond donors (Lipinski definition) is 3. The molecule has 8 nitrogen and oxygen atoms in total. The molecule has 3 N–H and O–H groups in total. The topological polar surface area (TPSA) is 89.9 Å². The van der Waals surface area contributed by atoms with Crippen LogP contribution in [0.4, 0.5) is 0 Å². The molecule has 0 saturated heterocycles. The van der Waals surface area contributed by atoms with Gasteiger partial charge < -0.3 is 25.3 Å². The van der Waals surface area contributed by atoms with Crippen molar-refractivity contribution in [2.45, 2.75) is 72.4 Å². The molecule has 0 fully saturated rings. The van der Waals surface area contributed by atoms with Crippen LogP contribution in [0.2, 0.25) is 0 Å². The van der Waals surface area contributed by atoms with Crippen molar-refractivity contribution in [3.8, 4) is 5.75 Å². The zero-order chi connectivity index (χ0) is 27.7. The first-order valence-corrected chi connectivity index (χ1v) is 13.6. The van der Waals surface area contributed by atoms with Crippen molar-refractivity contribution in [2.24, 2.45) is 9.98 Å². The molecule has 3 rings (SSSR count). The van der Waals surface area contributed by atoms with E-state index in [4.69, 9.17) is 14.7 Å². The highest BCUT2D eigenvalue weighted by Gasteiger charge is 2.13. The van der Waals surface area contributed by atoms with Crippen molar-refractivity contribution in [1.82, 2.24) is 25.5 Å². The molecule has 0 aliphatic carbocycles. The first-order chi connectivity index (χ1) is 18.2. The molecule has 0 saturated carbocycles. The third kappa shape index (κ3) is 8.39. The highest BCUT2D eigenvalue weighted by molar-refractivity contribution is 5.98. The summed E-state index contributed by atoms with van der Waals surface area (Å²) in [7, 11) is 6.30. The Kier molecular flexibility index (Phi) is 10.9. The second kappa shape index (κ2) is 14.1. The lowest BCUT2D eigenvalue weighted by atomic mass is 10.0. The molecular weight excluding hydrogens is 474 g/mol. The minimum absolute atomic E-state index is 0.241. The van der Waals surface area contributed by atoms with Crippen LogP contribution < -0.4 is 15.4 Å². The normalized spacial score (nSPS) is 18.0. The summed E-state index contributed by atoms with van der Waals surface area (Å²) in [4.78, 5) is 19.5. The van der Waals surface area contributed by atoms with E-state index < -0.39 is 0 Å². The molecule has 1 aliphatic heterocycles. The van der Waals surface area contributed by atoms with Gasteiger partial charge in [0, 0.05) is 48.9 Å². The summed E-state index contributed by atoms with van der Waals surface area (Å²) >= 11 is 0. The number of allylic oxidation sites excluding steroid dienone is 2. The predicted octanol–water partition coefficient (Wildman–Crippen LogP) is 5.56. The van der Waals surface area contributed by atoms with Gasteiger partial charge in [0.1, 0.15) is 11.5 Å². The van der Waals surface area contributed by atoms with Crippen LogP contribution in [0.3, 0.4) is 0 Å². The summed E-state index contributed by atoms with van der Waals surface area (Å²) < 4.78 is 6.07. The number of dihydropyridines is 1. The second-order valence-electron chi connectivity index (χ2n) is 10.3. The third-order valence-corrected chi connectivity index (χ3v) is 6.83. The van der Waals surface area contributed by atoms with Crippen molar-refractivity contribution >= 4 is 23.0 Å². The Labute approximate surface area is 228 Å². The molecule has 206 valence electrons. The molecule has 1 aromatic carbocycles. The maximum Gasteiger partial charge on any atom is 0.152 e. The van der Waals surface area contributed by atoms with E-state index in [1.165, 1.54) is 11.3 Å². The molecule has 1 unspecified atom stereocenters. The van der Waals surface area contributed by atoms with Crippen molar-refractivity contribution < 1.29 is 4.74 Å². The van der Waals surface area contributed by atoms with Gasteiger partial charge in [0.25, 0.3) is 0 Å². The summed E-state index contributed by atoms with van der Waals surface area (Å²) in [5.41, 5.74) is 6.26. The van der Waals surface area contributed by atoms with Gasteiger partial charge in [0.15, 0.2) is 5.82 Å². The van der Waals surface area contributed by atoms with Gasteiger partial charge in [0.05, 0.1) is 22.8 Å². The monoisotopic (exact) mass is 519 g/mol. The molecule has 1 aromatic heterocycles. The number of fused-ring (bicyclic) bond motifs is 1. The van der Waals surface area contributed by atoms with Crippen molar-refractivity contribution in [3.63, 3.8) is 0 Å². The maximum atomic E-state index is 6.07. The molecule has 2 heterocycles. The second-order valence-corrected chi connectivity index (χ2v) is 10.3. The van der Waals surface area contributed by atoms with E-state index in [1.54, 1.807) is 0 Å². The molecule has 38 heavy (non-hydrogen) atoms. The molecule has 8 heteroatoms. The zero-order valence-electron chi connectivity index (χ0n) is 24.4. The lowest BCUT2D eigenvalue weighted by molar-refractivity contribution is 0.283. The Morgan fingerprint density at radius 3 is 2.76 bits per heavy atom. The van der Waals surface area contributed by atoms with Crippen LogP contribution in [0.25, 0.3) is 11.0 Å². The number of benzene rings is 1. The summed E-state index contributed by atoms with van der Waals surface area (Å²) in [5, 5.41) is 6.88. The van der Waals surface area contributed by atoms with E-state index in [0.29, 0.717) is 6.04 Å². The van der Waals surface area contributed by atoms with E-state index in [2.05, 4.69) is 67.3 Å². The number of nitrogens with zero attached hydrogens (tertiary/aromatic N) is 4. The summed E-state index contributed by atoms with van der Waals surface area (Å²) in [6, 6.07) is 6.69. The van der Waals surface area contributed by atoms with Gasteiger partial charge in [-0.15, -0.1) is 0 Å². The standard InChI is InChI=1S/C30H45N7O/c1-9-24(37(7)8)16-20(2)27(13-14-31-6)34-22(4)19-33-23(5)30-35-28-11-10-25(18-29(28)36-30)38-26-12-15-32-21(3)17-26/h10-12,15,18-19,21,24,31,34H,9,13-14,16-17H2,1-8H3,(H,35,36)/b22-19+,27-20-,33-23+/t21-,24?/m1/s1. The first-order valence-electron chi connectivity index (χ1n) is 13.6. The molecule has 0 amide bonds. The number of aromatic amines is 1. The molecule has 2 aromatic rings. The molecule has 0 radical (unpaired) electrons. The molecule has 1 aliphatic rings. The maximum absolute atomic E-state index is 6.07. The van der Waals surface area contributed by atoms with Gasteiger partial charge in [0.2, 0.25) is 0 Å². The van der Waals surface area contributed by atoms with Gasteiger partial charge in [-0.3, -0.25) is 9.98 Å². The average Bonchev–Trinajstić information content (AvgIpc) is 3.31. The summed E-state index contributed by atoms with van der Waals surface area (Å²) in [5.74, 6) is 2.44. The van der Waals surface area contributed by atoms with Crippen LogP contribution in [0.5, 0.6) is 5.75 Å². The van der Waals surface area contributed by atoms with E-state index >= 15 is 0 Å².